The van der Waals surface area contributed by atoms with Gasteiger partial charge in [0.15, 0.2) is 0 Å². The molecule has 9 nitrogen and oxygen atoms in total. The maximum absolute atomic E-state index is 12.8. The fourth-order valence-electron chi connectivity index (χ4n) is 3.23. The quantitative estimate of drug-likeness (QED) is 0.299. The predicted octanol–water partition coefficient (Wildman–Crippen LogP) is 4.68. The van der Waals surface area contributed by atoms with Crippen molar-refractivity contribution in [3.63, 3.8) is 0 Å². The molecule has 0 fully saturated rings. The van der Waals surface area contributed by atoms with Crippen molar-refractivity contribution in [1.29, 1.82) is 0 Å². The maximum Gasteiger partial charge on any atom is 0.407 e. The average Bonchev–Trinajstić information content (AvgIpc) is 2.87. The molecule has 10 heteroatoms. The van der Waals surface area contributed by atoms with E-state index in [1.807, 2.05) is 54.6 Å². The van der Waals surface area contributed by atoms with Crippen LogP contribution in [0.15, 0.2) is 54.6 Å². The molecule has 0 aromatic heterocycles. The topological polar surface area (TPSA) is 112 Å². The van der Waals surface area contributed by atoms with Gasteiger partial charge in [0, 0.05) is 12.3 Å². The summed E-state index contributed by atoms with van der Waals surface area (Å²) in [6.45, 7) is 5.54. The van der Waals surface area contributed by atoms with Gasteiger partial charge in [0.25, 0.3) is 0 Å². The van der Waals surface area contributed by atoms with Gasteiger partial charge in [0.1, 0.15) is 23.2 Å². The van der Waals surface area contributed by atoms with Crippen LogP contribution in [0.5, 0.6) is 5.75 Å². The second kappa shape index (κ2) is 15.0. The average molecular weight is 533 g/mol. The highest BCUT2D eigenvalue weighted by Gasteiger charge is 2.32. The lowest BCUT2D eigenvalue weighted by Gasteiger charge is -2.26. The van der Waals surface area contributed by atoms with Crippen molar-refractivity contribution in [1.82, 2.24) is 10.6 Å². The molecule has 0 aliphatic rings. The van der Waals surface area contributed by atoms with Crippen LogP contribution < -0.4 is 15.4 Å². The molecule has 2 N–H and O–H groups in total. The Balaban J connectivity index is 2.09. The highest BCUT2D eigenvalue weighted by molar-refractivity contribution is 7.99. The molecule has 2 aromatic rings. The molecule has 0 aliphatic carbocycles. The van der Waals surface area contributed by atoms with Crippen LogP contribution in [-0.2, 0) is 31.4 Å². The minimum atomic E-state index is -0.753. The van der Waals surface area contributed by atoms with Crippen LogP contribution in [0.4, 0.5) is 9.59 Å². The Morgan fingerprint density at radius 2 is 1.59 bits per heavy atom. The Morgan fingerprint density at radius 3 is 2.19 bits per heavy atom. The van der Waals surface area contributed by atoms with Crippen molar-refractivity contribution in [3.8, 4) is 5.75 Å². The van der Waals surface area contributed by atoms with Crippen molar-refractivity contribution >= 4 is 29.9 Å². The summed E-state index contributed by atoms with van der Waals surface area (Å²) in [5.74, 6) is 0.719. The number of ether oxygens (including phenoxy) is 4. The number of benzene rings is 2. The van der Waals surface area contributed by atoms with E-state index in [0.717, 1.165) is 16.9 Å². The van der Waals surface area contributed by atoms with Crippen molar-refractivity contribution in [3.05, 3.63) is 65.7 Å². The summed E-state index contributed by atoms with van der Waals surface area (Å²) in [5, 5.41) is 4.70. The third-order valence-corrected chi connectivity index (χ3v) is 6.41. The second-order valence-corrected chi connectivity index (χ2v) is 10.3. The number of thioether (sulfide) groups is 1. The monoisotopic (exact) mass is 532 g/mol. The lowest BCUT2D eigenvalue weighted by Crippen LogP contribution is -2.48. The van der Waals surface area contributed by atoms with Crippen LogP contribution in [-0.4, -0.2) is 55.8 Å². The number of hydrogen-bond acceptors (Lipinski definition) is 8. The molecule has 0 spiro atoms. The standard InChI is InChI=1S/C27H36N2O7S/c1-27(2,3)36-25(31)28-16-15-22(29-26(32)35-17-19-9-7-6-8-10-19)23(24(30)34-5)37-18-20-11-13-21(33-4)14-12-20/h6-14,22-23H,15-18H2,1-5H3,(H,28,31)(H,29,32)/t22-,23-/m0/s1. The molecule has 202 valence electrons. The summed E-state index contributed by atoms with van der Waals surface area (Å²) >= 11 is 1.32. The summed E-state index contributed by atoms with van der Waals surface area (Å²) in [6, 6.07) is 16.1. The number of esters is 1. The number of nitrogens with one attached hydrogen (secondary N) is 2. The third kappa shape index (κ3) is 11.5. The fraction of sp³-hybridized carbons (Fsp3) is 0.444. The van der Waals surface area contributed by atoms with Crippen molar-refractivity contribution in [2.45, 2.75) is 56.4 Å². The van der Waals surface area contributed by atoms with E-state index in [-0.39, 0.29) is 19.6 Å². The zero-order valence-electron chi connectivity index (χ0n) is 21.9. The highest BCUT2D eigenvalue weighted by Crippen LogP contribution is 2.25. The number of hydrogen-bond donors (Lipinski definition) is 2. The molecule has 2 aromatic carbocycles. The summed E-state index contributed by atoms with van der Waals surface area (Å²) in [6.07, 6.45) is -1.02. The molecular weight excluding hydrogens is 496 g/mol. The van der Waals surface area contributed by atoms with Gasteiger partial charge >= 0.3 is 18.2 Å². The van der Waals surface area contributed by atoms with Gasteiger partial charge in [0.05, 0.1) is 20.3 Å². The molecule has 0 saturated carbocycles. The zero-order chi connectivity index (χ0) is 27.3. The molecule has 2 amide bonds. The Kier molecular flexibility index (Phi) is 12.1. The molecule has 0 bridgehead atoms. The molecule has 0 aliphatic heterocycles. The normalized spacial score (nSPS) is 12.6. The molecule has 0 radical (unpaired) electrons. The minimum Gasteiger partial charge on any atom is -0.497 e. The lowest BCUT2D eigenvalue weighted by molar-refractivity contribution is -0.140. The van der Waals surface area contributed by atoms with Crippen molar-refractivity contribution in [2.24, 2.45) is 0 Å². The summed E-state index contributed by atoms with van der Waals surface area (Å²) in [5.41, 5.74) is 1.15. The van der Waals surface area contributed by atoms with Crippen LogP contribution in [0.2, 0.25) is 0 Å². The largest absolute Gasteiger partial charge is 0.497 e. The predicted molar refractivity (Wildman–Crippen MR) is 142 cm³/mol. The first-order chi connectivity index (χ1) is 17.6. The lowest BCUT2D eigenvalue weighted by atomic mass is 10.1. The van der Waals surface area contributed by atoms with Crippen molar-refractivity contribution < 1.29 is 33.3 Å². The van der Waals surface area contributed by atoms with Crippen LogP contribution in [0.3, 0.4) is 0 Å². The second-order valence-electron chi connectivity index (χ2n) is 9.13. The number of carbonyl (C=O) groups excluding carboxylic acids is 3. The molecule has 0 unspecified atom stereocenters. The van der Waals surface area contributed by atoms with Crippen LogP contribution in [0.25, 0.3) is 0 Å². The number of carbonyl (C=O) groups is 3. The fourth-order valence-corrected chi connectivity index (χ4v) is 4.46. The molecule has 37 heavy (non-hydrogen) atoms. The summed E-state index contributed by atoms with van der Waals surface area (Å²) < 4.78 is 20.9. The van der Waals surface area contributed by atoms with Gasteiger partial charge in [0.2, 0.25) is 0 Å². The van der Waals surface area contributed by atoms with E-state index in [1.54, 1.807) is 27.9 Å². The summed E-state index contributed by atoms with van der Waals surface area (Å²) in [7, 11) is 2.89. The molecule has 2 atom stereocenters. The van der Waals surface area contributed by atoms with E-state index in [1.165, 1.54) is 18.9 Å². The Labute approximate surface area is 222 Å². The first-order valence-corrected chi connectivity index (χ1v) is 12.9. The van der Waals surface area contributed by atoms with E-state index in [4.69, 9.17) is 18.9 Å². The Hall–Kier alpha value is -3.40. The SMILES string of the molecule is COC(=O)[C@@H](SCc1ccc(OC)cc1)[C@H](CCNC(=O)OC(C)(C)C)NC(=O)OCc1ccccc1. The van der Waals surface area contributed by atoms with Gasteiger partial charge in [-0.05, 0) is 50.5 Å². The zero-order valence-corrected chi connectivity index (χ0v) is 22.8. The number of methoxy groups -OCH3 is 2. The van der Waals surface area contributed by atoms with E-state index in [9.17, 15) is 14.4 Å². The van der Waals surface area contributed by atoms with Crippen LogP contribution in [0, 0.1) is 0 Å². The maximum atomic E-state index is 12.8. The first kappa shape index (κ1) is 29.8. The molecular formula is C27H36N2O7S. The van der Waals surface area contributed by atoms with E-state index < -0.39 is 35.0 Å². The smallest absolute Gasteiger partial charge is 0.407 e. The van der Waals surface area contributed by atoms with E-state index in [2.05, 4.69) is 10.6 Å². The molecule has 2 rings (SSSR count). The number of rotatable bonds is 12. The first-order valence-electron chi connectivity index (χ1n) is 11.9. The molecule has 0 heterocycles. The van der Waals surface area contributed by atoms with E-state index >= 15 is 0 Å². The van der Waals surface area contributed by atoms with Gasteiger partial charge < -0.3 is 29.6 Å². The Morgan fingerprint density at radius 1 is 0.919 bits per heavy atom. The van der Waals surface area contributed by atoms with Crippen LogP contribution in [0.1, 0.15) is 38.3 Å². The van der Waals surface area contributed by atoms with Crippen LogP contribution >= 0.6 is 11.8 Å². The highest BCUT2D eigenvalue weighted by atomic mass is 32.2. The number of amides is 2. The van der Waals surface area contributed by atoms with E-state index in [0.29, 0.717) is 5.75 Å². The third-order valence-electron chi connectivity index (χ3n) is 5.03. The minimum absolute atomic E-state index is 0.0808. The van der Waals surface area contributed by atoms with Gasteiger partial charge in [-0.1, -0.05) is 42.5 Å². The van der Waals surface area contributed by atoms with Gasteiger partial charge in [-0.2, -0.15) is 0 Å². The van der Waals surface area contributed by atoms with Gasteiger partial charge in [-0.15, -0.1) is 11.8 Å². The Bertz CT molecular complexity index is 994. The number of alkyl carbamates (subject to hydrolysis) is 2. The van der Waals surface area contributed by atoms with Crippen molar-refractivity contribution in [2.75, 3.05) is 20.8 Å². The van der Waals surface area contributed by atoms with Gasteiger partial charge in [-0.25, -0.2) is 9.59 Å². The van der Waals surface area contributed by atoms with Gasteiger partial charge in [-0.3, -0.25) is 4.79 Å². The molecule has 0 saturated heterocycles. The summed E-state index contributed by atoms with van der Waals surface area (Å²) in [4.78, 5) is 37.5.